The number of pyridine rings is 1. The van der Waals surface area contributed by atoms with E-state index in [0.717, 1.165) is 16.3 Å². The zero-order valence-corrected chi connectivity index (χ0v) is 15.6. The number of fused-ring (bicyclic) bond motifs is 3. The van der Waals surface area contributed by atoms with Gasteiger partial charge >= 0.3 is 5.97 Å². The van der Waals surface area contributed by atoms with Crippen LogP contribution in [0.1, 0.15) is 36.2 Å². The maximum absolute atomic E-state index is 13.9. The van der Waals surface area contributed by atoms with Gasteiger partial charge in [0.25, 0.3) is 5.91 Å². The van der Waals surface area contributed by atoms with Crippen molar-refractivity contribution in [2.45, 2.75) is 45.1 Å². The number of amides is 1. The average molecular weight is 388 g/mol. The average Bonchev–Trinajstić information content (AvgIpc) is 3.18. The molecule has 1 saturated heterocycles. The number of nitrogens with zero attached hydrogens (tertiary/aromatic N) is 1. The first kappa shape index (κ1) is 18.5. The van der Waals surface area contributed by atoms with Gasteiger partial charge < -0.3 is 19.9 Å². The maximum atomic E-state index is 13.9. The van der Waals surface area contributed by atoms with E-state index in [-0.39, 0.29) is 12.7 Å². The zero-order valence-electron chi connectivity index (χ0n) is 15.6. The number of esters is 1. The lowest BCUT2D eigenvalue weighted by molar-refractivity contribution is -0.145. The van der Waals surface area contributed by atoms with Crippen LogP contribution in [-0.2, 0) is 16.0 Å². The molecule has 8 heteroatoms. The molecule has 0 radical (unpaired) electrons. The number of primary amides is 1. The molecule has 2 N–H and O–H groups in total. The number of hydrogen-bond donors (Lipinski definition) is 1. The van der Waals surface area contributed by atoms with Gasteiger partial charge in [0.2, 0.25) is 12.1 Å². The highest BCUT2D eigenvalue weighted by molar-refractivity contribution is 6.04. The second-order valence-electron chi connectivity index (χ2n) is 7.20. The Bertz CT molecular complexity index is 963. The Kier molecular flexibility index (Phi) is 4.56. The summed E-state index contributed by atoms with van der Waals surface area (Å²) in [5.74, 6) is -1.17. The molecule has 2 unspecified atom stereocenters. The van der Waals surface area contributed by atoms with E-state index in [9.17, 15) is 14.0 Å². The number of nitrogens with two attached hydrogens (primary N) is 1. The number of alkyl halides is 1. The Morgan fingerprint density at radius 1 is 1.43 bits per heavy atom. The summed E-state index contributed by atoms with van der Waals surface area (Å²) < 4.78 is 30.7. The van der Waals surface area contributed by atoms with E-state index in [4.69, 9.17) is 19.9 Å². The lowest BCUT2D eigenvalue weighted by Gasteiger charge is -2.18. The van der Waals surface area contributed by atoms with Crippen molar-refractivity contribution in [3.8, 4) is 11.6 Å². The molecule has 2 aliphatic heterocycles. The van der Waals surface area contributed by atoms with Crippen molar-refractivity contribution in [1.82, 2.24) is 4.98 Å². The van der Waals surface area contributed by atoms with Crippen molar-refractivity contribution in [1.29, 1.82) is 0 Å². The molecule has 1 aromatic heterocycles. The Labute approximate surface area is 161 Å². The second kappa shape index (κ2) is 6.92. The van der Waals surface area contributed by atoms with Crippen molar-refractivity contribution in [3.63, 3.8) is 0 Å². The molecule has 3 heterocycles. The molecule has 1 aromatic carbocycles. The van der Waals surface area contributed by atoms with E-state index in [0.29, 0.717) is 30.0 Å². The van der Waals surface area contributed by atoms with Crippen LogP contribution in [0.15, 0.2) is 18.3 Å². The Balaban J connectivity index is 1.70. The summed E-state index contributed by atoms with van der Waals surface area (Å²) in [4.78, 5) is 27.7. The Morgan fingerprint density at radius 2 is 2.21 bits per heavy atom. The van der Waals surface area contributed by atoms with Gasteiger partial charge in [-0.15, -0.1) is 0 Å². The van der Waals surface area contributed by atoms with E-state index >= 15 is 0 Å². The SMILES string of the molecule is CCC1[C@H](F)C(=O)O[C@@H]1COc1nccc2cc(C(N)=O)c3c(c12)CC(C)O3. The van der Waals surface area contributed by atoms with Crippen LogP contribution in [0.2, 0.25) is 0 Å². The van der Waals surface area contributed by atoms with Crippen LogP contribution < -0.4 is 15.2 Å². The number of cyclic esters (lactones) is 1. The molecule has 4 atom stereocenters. The quantitative estimate of drug-likeness (QED) is 0.789. The van der Waals surface area contributed by atoms with E-state index in [2.05, 4.69) is 4.98 Å². The predicted octanol–water partition coefficient (Wildman–Crippen LogP) is 2.33. The van der Waals surface area contributed by atoms with E-state index < -0.39 is 30.1 Å². The van der Waals surface area contributed by atoms with Gasteiger partial charge in [0.05, 0.1) is 10.9 Å². The van der Waals surface area contributed by atoms with E-state index in [1.54, 1.807) is 25.3 Å². The number of benzene rings is 1. The number of halogens is 1. The van der Waals surface area contributed by atoms with E-state index in [1.165, 1.54) is 0 Å². The first-order chi connectivity index (χ1) is 13.4. The molecule has 2 aliphatic rings. The fourth-order valence-corrected chi connectivity index (χ4v) is 3.98. The molecule has 1 fully saturated rings. The van der Waals surface area contributed by atoms with Crippen LogP contribution >= 0.6 is 0 Å². The lowest BCUT2D eigenvalue weighted by atomic mass is 9.97. The summed E-state index contributed by atoms with van der Waals surface area (Å²) in [5.41, 5.74) is 6.64. The first-order valence-electron chi connectivity index (χ1n) is 9.29. The summed E-state index contributed by atoms with van der Waals surface area (Å²) in [6.45, 7) is 3.71. The highest BCUT2D eigenvalue weighted by Gasteiger charge is 2.44. The van der Waals surface area contributed by atoms with Gasteiger partial charge in [0, 0.05) is 24.1 Å². The standard InChI is InChI=1S/C20H21FN2O5/c1-3-11-14(28-20(25)16(11)21)8-26-19-15-10(4-5-23-19)7-13(18(22)24)17-12(15)6-9(2)27-17/h4-5,7,9,11,14,16H,3,6,8H2,1-2H3,(H2,22,24)/t9?,11?,14-,16+/m1/s1. The van der Waals surface area contributed by atoms with Gasteiger partial charge in [0.1, 0.15) is 24.6 Å². The number of aromatic nitrogens is 1. The molecule has 0 saturated carbocycles. The third kappa shape index (κ3) is 2.93. The monoisotopic (exact) mass is 388 g/mol. The minimum absolute atomic E-state index is 0.000461. The lowest BCUT2D eigenvalue weighted by Crippen LogP contribution is -2.27. The van der Waals surface area contributed by atoms with Gasteiger partial charge in [-0.1, -0.05) is 6.92 Å². The molecular weight excluding hydrogens is 367 g/mol. The normalized spacial score (nSPS) is 26.0. The van der Waals surface area contributed by atoms with Crippen molar-refractivity contribution < 1.29 is 28.2 Å². The predicted molar refractivity (Wildman–Crippen MR) is 98.1 cm³/mol. The first-order valence-corrected chi connectivity index (χ1v) is 9.29. The van der Waals surface area contributed by atoms with Gasteiger partial charge in [0.15, 0.2) is 0 Å². The number of ether oxygens (including phenoxy) is 3. The van der Waals surface area contributed by atoms with Gasteiger partial charge in [-0.25, -0.2) is 14.2 Å². The second-order valence-corrected chi connectivity index (χ2v) is 7.20. The fraction of sp³-hybridized carbons (Fsp3) is 0.450. The van der Waals surface area contributed by atoms with Crippen LogP contribution in [0.5, 0.6) is 11.6 Å². The fourth-order valence-electron chi connectivity index (χ4n) is 3.98. The molecule has 4 rings (SSSR count). The highest BCUT2D eigenvalue weighted by atomic mass is 19.1. The molecule has 7 nitrogen and oxygen atoms in total. The van der Waals surface area contributed by atoms with E-state index in [1.807, 2.05) is 6.92 Å². The third-order valence-electron chi connectivity index (χ3n) is 5.35. The molecule has 1 amide bonds. The van der Waals surface area contributed by atoms with Crippen molar-refractivity contribution in [2.24, 2.45) is 11.7 Å². The largest absolute Gasteiger partial charge is 0.489 e. The summed E-state index contributed by atoms with van der Waals surface area (Å²) >= 11 is 0. The van der Waals surface area contributed by atoms with Crippen LogP contribution in [0, 0.1) is 5.92 Å². The number of carbonyl (C=O) groups is 2. The van der Waals surface area contributed by atoms with Gasteiger partial charge in [-0.05, 0) is 30.9 Å². The Hall–Kier alpha value is -2.90. The molecule has 2 aromatic rings. The molecule has 0 aliphatic carbocycles. The molecule has 0 spiro atoms. The summed E-state index contributed by atoms with van der Waals surface area (Å²) in [6.07, 6.45) is 0.196. The zero-order chi connectivity index (χ0) is 20.0. The van der Waals surface area contributed by atoms with Crippen LogP contribution in [0.25, 0.3) is 10.8 Å². The van der Waals surface area contributed by atoms with Gasteiger partial charge in [-0.3, -0.25) is 4.79 Å². The molecule has 28 heavy (non-hydrogen) atoms. The van der Waals surface area contributed by atoms with Crippen LogP contribution in [0.4, 0.5) is 4.39 Å². The van der Waals surface area contributed by atoms with Crippen molar-refractivity contribution in [2.75, 3.05) is 6.61 Å². The topological polar surface area (TPSA) is 101 Å². The van der Waals surface area contributed by atoms with Crippen LogP contribution in [-0.4, -0.2) is 41.8 Å². The molecule has 148 valence electrons. The maximum Gasteiger partial charge on any atom is 0.341 e. The number of carbonyl (C=O) groups excluding carboxylic acids is 2. The summed E-state index contributed by atoms with van der Waals surface area (Å²) in [6, 6.07) is 3.42. The van der Waals surface area contributed by atoms with Crippen LogP contribution in [0.3, 0.4) is 0 Å². The minimum Gasteiger partial charge on any atom is -0.489 e. The summed E-state index contributed by atoms with van der Waals surface area (Å²) in [7, 11) is 0. The molecular formula is C20H21FN2O5. The van der Waals surface area contributed by atoms with Crippen molar-refractivity contribution in [3.05, 3.63) is 29.5 Å². The number of rotatable bonds is 5. The third-order valence-corrected chi connectivity index (χ3v) is 5.35. The van der Waals surface area contributed by atoms with Gasteiger partial charge in [-0.2, -0.15) is 0 Å². The smallest absolute Gasteiger partial charge is 0.341 e. The number of hydrogen-bond acceptors (Lipinski definition) is 6. The minimum atomic E-state index is -1.63. The molecule has 0 bridgehead atoms. The van der Waals surface area contributed by atoms with Crippen molar-refractivity contribution >= 4 is 22.6 Å². The Morgan fingerprint density at radius 3 is 2.93 bits per heavy atom. The highest BCUT2D eigenvalue weighted by Crippen LogP contribution is 2.41. The summed E-state index contributed by atoms with van der Waals surface area (Å²) in [5, 5.41) is 1.47.